The Morgan fingerprint density at radius 2 is 2.20 bits per heavy atom. The Morgan fingerprint density at radius 3 is 2.73 bits per heavy atom. The normalized spacial score (nSPS) is 9.80. The van der Waals surface area contributed by atoms with E-state index in [1.807, 2.05) is 0 Å². The number of methoxy groups -OCH3 is 1. The Labute approximate surface area is 85.6 Å². The summed E-state index contributed by atoms with van der Waals surface area (Å²) in [5.74, 6) is -0.404. The van der Waals surface area contributed by atoms with Crippen molar-refractivity contribution < 1.29 is 14.4 Å². The van der Waals surface area contributed by atoms with Gasteiger partial charge in [0.1, 0.15) is 0 Å². The Bertz CT molecular complexity index is 415. The lowest BCUT2D eigenvalue weighted by atomic mass is 10.3. The Morgan fingerprint density at radius 1 is 1.53 bits per heavy atom. The maximum atomic E-state index is 11.6. The summed E-state index contributed by atoms with van der Waals surface area (Å²) < 4.78 is 4.86. The molecule has 1 heterocycles. The molecule has 1 aromatic heterocycles. The second-order valence-electron chi connectivity index (χ2n) is 2.63. The molecule has 0 fully saturated rings. The zero-order valence-corrected chi connectivity index (χ0v) is 8.60. The van der Waals surface area contributed by atoms with E-state index in [1.54, 1.807) is 0 Å². The van der Waals surface area contributed by atoms with E-state index in [1.165, 1.54) is 21.3 Å². The standard InChI is InChI=1S/C8H11N3O4/c1-11(15-3)8(13)7-5(14-2)4-6(12)9-10-7/h4H,1-3H3,(H,9,12). The van der Waals surface area contributed by atoms with Gasteiger partial charge in [-0.25, -0.2) is 10.2 Å². The first-order valence-corrected chi connectivity index (χ1v) is 4.06. The number of aromatic amines is 1. The number of ether oxygens (including phenoxy) is 1. The summed E-state index contributed by atoms with van der Waals surface area (Å²) in [5.41, 5.74) is -0.454. The van der Waals surface area contributed by atoms with E-state index in [4.69, 9.17) is 9.57 Å². The number of hydrogen-bond acceptors (Lipinski definition) is 5. The Balaban J connectivity index is 3.14. The molecule has 0 saturated heterocycles. The average molecular weight is 213 g/mol. The maximum absolute atomic E-state index is 11.6. The van der Waals surface area contributed by atoms with E-state index in [2.05, 4.69) is 10.2 Å². The van der Waals surface area contributed by atoms with Gasteiger partial charge in [-0.15, -0.1) is 0 Å². The molecular formula is C8H11N3O4. The molecule has 1 amide bonds. The predicted molar refractivity (Wildman–Crippen MR) is 50.5 cm³/mol. The largest absolute Gasteiger partial charge is 0.494 e. The van der Waals surface area contributed by atoms with Gasteiger partial charge in [-0.05, 0) is 0 Å². The molecule has 0 saturated carbocycles. The second kappa shape index (κ2) is 4.56. The van der Waals surface area contributed by atoms with Crippen LogP contribution in [0.2, 0.25) is 0 Å². The number of H-pyrrole nitrogens is 1. The van der Waals surface area contributed by atoms with E-state index < -0.39 is 11.5 Å². The highest BCUT2D eigenvalue weighted by Crippen LogP contribution is 2.13. The lowest BCUT2D eigenvalue weighted by molar-refractivity contribution is -0.0762. The van der Waals surface area contributed by atoms with E-state index in [-0.39, 0.29) is 11.4 Å². The number of carbonyl (C=O) groups excluding carboxylic acids is 1. The number of hydrogen-bond donors (Lipinski definition) is 1. The number of rotatable bonds is 3. The number of amides is 1. The first-order chi connectivity index (χ1) is 7.10. The molecule has 0 aliphatic rings. The van der Waals surface area contributed by atoms with Gasteiger partial charge in [-0.3, -0.25) is 14.4 Å². The van der Waals surface area contributed by atoms with Crippen molar-refractivity contribution in [1.82, 2.24) is 15.3 Å². The molecule has 7 heteroatoms. The summed E-state index contributed by atoms with van der Waals surface area (Å²) in [5, 5.41) is 6.71. The van der Waals surface area contributed by atoms with Crippen molar-refractivity contribution in [3.05, 3.63) is 22.1 Å². The first kappa shape index (κ1) is 11.2. The smallest absolute Gasteiger partial charge is 0.301 e. The van der Waals surface area contributed by atoms with Crippen molar-refractivity contribution in [2.45, 2.75) is 0 Å². The van der Waals surface area contributed by atoms with E-state index in [0.29, 0.717) is 0 Å². The molecule has 0 aromatic carbocycles. The minimum atomic E-state index is -0.509. The topological polar surface area (TPSA) is 84.5 Å². The summed E-state index contributed by atoms with van der Waals surface area (Å²) >= 11 is 0. The molecule has 7 nitrogen and oxygen atoms in total. The second-order valence-corrected chi connectivity index (χ2v) is 2.63. The molecule has 1 rings (SSSR count). The maximum Gasteiger partial charge on any atom is 0.301 e. The predicted octanol–water partition coefficient (Wildman–Crippen LogP) is -0.588. The monoisotopic (exact) mass is 213 g/mol. The summed E-state index contributed by atoms with van der Waals surface area (Å²) in [6.07, 6.45) is 0. The fourth-order valence-electron chi connectivity index (χ4n) is 0.927. The van der Waals surface area contributed by atoms with Gasteiger partial charge in [0.2, 0.25) is 0 Å². The SMILES string of the molecule is COc1cc(=O)[nH]nc1C(=O)N(C)OC. The third kappa shape index (κ3) is 2.32. The van der Waals surface area contributed by atoms with Crippen LogP contribution >= 0.6 is 0 Å². The number of nitrogens with zero attached hydrogens (tertiary/aromatic N) is 2. The van der Waals surface area contributed by atoms with Crippen molar-refractivity contribution in [3.63, 3.8) is 0 Å². The number of hydroxylamine groups is 2. The molecule has 0 atom stereocenters. The molecule has 0 radical (unpaired) electrons. The van der Waals surface area contributed by atoms with Crippen LogP contribution < -0.4 is 10.3 Å². The zero-order chi connectivity index (χ0) is 11.4. The number of nitrogens with one attached hydrogen (secondary N) is 1. The quantitative estimate of drug-likeness (QED) is 0.678. The summed E-state index contributed by atoms with van der Waals surface area (Å²) in [6, 6.07) is 1.14. The molecule has 1 N–H and O–H groups in total. The minimum absolute atomic E-state index is 0.0125. The van der Waals surface area contributed by atoms with Crippen molar-refractivity contribution in [2.75, 3.05) is 21.3 Å². The van der Waals surface area contributed by atoms with Gasteiger partial charge >= 0.3 is 5.91 Å². The molecule has 0 aliphatic carbocycles. The molecule has 82 valence electrons. The van der Waals surface area contributed by atoms with Crippen LogP contribution in [-0.2, 0) is 4.84 Å². The van der Waals surface area contributed by atoms with E-state index in [9.17, 15) is 9.59 Å². The molecule has 0 unspecified atom stereocenters. The molecule has 1 aromatic rings. The van der Waals surface area contributed by atoms with Crippen LogP contribution in [0.5, 0.6) is 5.75 Å². The van der Waals surface area contributed by atoms with E-state index in [0.717, 1.165) is 11.1 Å². The molecule has 0 bridgehead atoms. The van der Waals surface area contributed by atoms with Crippen LogP contribution in [0.15, 0.2) is 10.9 Å². The van der Waals surface area contributed by atoms with Crippen LogP contribution in [0.3, 0.4) is 0 Å². The highest BCUT2D eigenvalue weighted by atomic mass is 16.7. The zero-order valence-electron chi connectivity index (χ0n) is 8.60. The van der Waals surface area contributed by atoms with Crippen LogP contribution in [-0.4, -0.2) is 42.4 Å². The highest BCUT2D eigenvalue weighted by Gasteiger charge is 2.18. The van der Waals surface area contributed by atoms with Gasteiger partial charge in [0.25, 0.3) is 5.56 Å². The fraction of sp³-hybridized carbons (Fsp3) is 0.375. The van der Waals surface area contributed by atoms with Crippen molar-refractivity contribution in [2.24, 2.45) is 0 Å². The third-order valence-corrected chi connectivity index (χ3v) is 1.76. The number of carbonyl (C=O) groups is 1. The van der Waals surface area contributed by atoms with Gasteiger partial charge < -0.3 is 4.74 Å². The summed E-state index contributed by atoms with van der Waals surface area (Å²) in [7, 11) is 4.12. The summed E-state index contributed by atoms with van der Waals surface area (Å²) in [4.78, 5) is 27.2. The van der Waals surface area contributed by atoms with Gasteiger partial charge in [0.05, 0.1) is 14.2 Å². The third-order valence-electron chi connectivity index (χ3n) is 1.76. The van der Waals surface area contributed by atoms with Gasteiger partial charge in [-0.1, -0.05) is 0 Å². The van der Waals surface area contributed by atoms with Crippen molar-refractivity contribution >= 4 is 5.91 Å². The Kier molecular flexibility index (Phi) is 3.40. The van der Waals surface area contributed by atoms with Crippen LogP contribution in [0.25, 0.3) is 0 Å². The molecular weight excluding hydrogens is 202 g/mol. The first-order valence-electron chi connectivity index (χ1n) is 4.06. The van der Waals surface area contributed by atoms with Crippen molar-refractivity contribution in [3.8, 4) is 5.75 Å². The number of aromatic nitrogens is 2. The Hall–Kier alpha value is -1.89. The van der Waals surface area contributed by atoms with Gasteiger partial charge in [0.15, 0.2) is 11.4 Å². The lowest BCUT2D eigenvalue weighted by Gasteiger charge is -2.13. The molecule has 0 aliphatic heterocycles. The van der Waals surface area contributed by atoms with Gasteiger partial charge in [0, 0.05) is 13.1 Å². The van der Waals surface area contributed by atoms with Crippen LogP contribution in [0, 0.1) is 0 Å². The molecule has 0 spiro atoms. The lowest BCUT2D eigenvalue weighted by Crippen LogP contribution is -2.28. The minimum Gasteiger partial charge on any atom is -0.494 e. The average Bonchev–Trinajstić information content (AvgIpc) is 2.26. The van der Waals surface area contributed by atoms with E-state index >= 15 is 0 Å². The van der Waals surface area contributed by atoms with Crippen LogP contribution in [0.4, 0.5) is 0 Å². The fourth-order valence-corrected chi connectivity index (χ4v) is 0.927. The highest BCUT2D eigenvalue weighted by molar-refractivity contribution is 5.93. The summed E-state index contributed by atoms with van der Waals surface area (Å²) in [6.45, 7) is 0. The van der Waals surface area contributed by atoms with Gasteiger partial charge in [-0.2, -0.15) is 5.10 Å². The van der Waals surface area contributed by atoms with Crippen molar-refractivity contribution in [1.29, 1.82) is 0 Å². The van der Waals surface area contributed by atoms with Crippen LogP contribution in [0.1, 0.15) is 10.5 Å². The molecule has 15 heavy (non-hydrogen) atoms.